The number of fused-ring (bicyclic) bond motifs is 1. The lowest BCUT2D eigenvalue weighted by Crippen LogP contribution is -2.32. The van der Waals surface area contributed by atoms with Crippen molar-refractivity contribution in [1.82, 2.24) is 14.9 Å². The molecule has 0 amide bonds. The Kier molecular flexibility index (Phi) is 9.21. The average molecular weight is 613 g/mol. The fourth-order valence-electron chi connectivity index (χ4n) is 4.68. The summed E-state index contributed by atoms with van der Waals surface area (Å²) in [6.07, 6.45) is 3.70. The molecule has 0 spiro atoms. The predicted molar refractivity (Wildman–Crippen MR) is 162 cm³/mol. The van der Waals surface area contributed by atoms with Gasteiger partial charge in [-0.05, 0) is 63.2 Å². The van der Waals surface area contributed by atoms with E-state index in [1.165, 1.54) is 6.20 Å². The summed E-state index contributed by atoms with van der Waals surface area (Å²) in [6.45, 7) is 2.90. The van der Waals surface area contributed by atoms with Gasteiger partial charge in [0.25, 0.3) is 0 Å². The van der Waals surface area contributed by atoms with Crippen LogP contribution in [-0.4, -0.2) is 48.7 Å². The number of nitrogens with zero attached hydrogens (tertiary/aromatic N) is 4. The molecule has 11 heteroatoms. The van der Waals surface area contributed by atoms with Crippen molar-refractivity contribution in [2.75, 3.05) is 39.2 Å². The second-order valence-electron chi connectivity index (χ2n) is 9.86. The Labute approximate surface area is 253 Å². The highest BCUT2D eigenvalue weighted by Gasteiger charge is 2.20. The topological polar surface area (TPSA) is 92.5 Å². The Hall–Kier alpha value is -3.48. The zero-order valence-corrected chi connectivity index (χ0v) is 24.9. The summed E-state index contributed by atoms with van der Waals surface area (Å²) >= 11 is 19.1. The number of nitrogens with one attached hydrogen (secondary N) is 1. The number of methoxy groups -OCH3 is 1. The summed E-state index contributed by atoms with van der Waals surface area (Å²) in [4.78, 5) is 11.1. The lowest BCUT2D eigenvalue weighted by Gasteiger charge is -2.28. The number of benzene rings is 2. The normalized spacial score (nSPS) is 14.0. The molecule has 1 aliphatic rings. The first kappa shape index (κ1) is 29.0. The standard InChI is InChI=1S/C30H28Cl3N5O3/c1-38-8-6-18(7-9-38)16-40-28-13-24-21(10-27(28)39-2)30(19(14-34)15-35-24)37-25-11-23(32)26(12-22(25)31)41-17-20-4-3-5-29(33)36-20/h3-5,10-13,15,18H,6-9,16-17H2,1-2H3,(H,35,37). The molecule has 3 heterocycles. The maximum absolute atomic E-state index is 9.87. The van der Waals surface area contributed by atoms with Gasteiger partial charge >= 0.3 is 0 Å². The van der Waals surface area contributed by atoms with Gasteiger partial charge in [-0.3, -0.25) is 4.98 Å². The Morgan fingerprint density at radius 3 is 2.56 bits per heavy atom. The molecule has 0 saturated carbocycles. The molecule has 8 nitrogen and oxygen atoms in total. The number of hydrogen-bond donors (Lipinski definition) is 1. The Morgan fingerprint density at radius 2 is 1.83 bits per heavy atom. The van der Waals surface area contributed by atoms with E-state index < -0.39 is 0 Å². The smallest absolute Gasteiger partial charge is 0.163 e. The van der Waals surface area contributed by atoms with Gasteiger partial charge in [-0.15, -0.1) is 0 Å². The van der Waals surface area contributed by atoms with Gasteiger partial charge in [-0.1, -0.05) is 40.9 Å². The molecule has 0 aliphatic carbocycles. The molecule has 212 valence electrons. The van der Waals surface area contributed by atoms with E-state index in [1.807, 2.05) is 12.1 Å². The van der Waals surface area contributed by atoms with Gasteiger partial charge in [0.15, 0.2) is 11.5 Å². The van der Waals surface area contributed by atoms with Crippen LogP contribution in [0.1, 0.15) is 24.1 Å². The predicted octanol–water partition coefficient (Wildman–Crippen LogP) is 7.51. The van der Waals surface area contributed by atoms with Gasteiger partial charge in [0, 0.05) is 23.7 Å². The van der Waals surface area contributed by atoms with Crippen LogP contribution in [0.5, 0.6) is 17.2 Å². The number of pyridine rings is 2. The number of anilines is 2. The third kappa shape index (κ3) is 6.88. The summed E-state index contributed by atoms with van der Waals surface area (Å²) < 4.78 is 17.7. The van der Waals surface area contributed by atoms with Crippen LogP contribution >= 0.6 is 34.8 Å². The van der Waals surface area contributed by atoms with E-state index in [9.17, 15) is 5.26 Å². The van der Waals surface area contributed by atoms with E-state index in [-0.39, 0.29) is 6.61 Å². The lowest BCUT2D eigenvalue weighted by molar-refractivity contribution is 0.157. The van der Waals surface area contributed by atoms with Crippen LogP contribution in [0.2, 0.25) is 15.2 Å². The molecule has 0 radical (unpaired) electrons. The number of aromatic nitrogens is 2. The van der Waals surface area contributed by atoms with Crippen LogP contribution in [-0.2, 0) is 6.61 Å². The zero-order chi connectivity index (χ0) is 28.9. The molecule has 0 bridgehead atoms. The maximum Gasteiger partial charge on any atom is 0.163 e. The van der Waals surface area contributed by atoms with Crippen LogP contribution < -0.4 is 19.5 Å². The van der Waals surface area contributed by atoms with Crippen LogP contribution in [0.15, 0.2) is 48.7 Å². The number of likely N-dealkylation sites (tertiary alicyclic amines) is 1. The number of rotatable bonds is 9. The average Bonchev–Trinajstić information content (AvgIpc) is 2.97. The van der Waals surface area contributed by atoms with Crippen molar-refractivity contribution in [2.45, 2.75) is 19.4 Å². The van der Waals surface area contributed by atoms with E-state index in [2.05, 4.69) is 33.3 Å². The van der Waals surface area contributed by atoms with Crippen molar-refractivity contribution in [2.24, 2.45) is 5.92 Å². The van der Waals surface area contributed by atoms with Gasteiger partial charge in [0.1, 0.15) is 23.6 Å². The quantitative estimate of drug-likeness (QED) is 0.194. The van der Waals surface area contributed by atoms with Crippen molar-refractivity contribution >= 4 is 57.1 Å². The molecule has 1 N–H and O–H groups in total. The van der Waals surface area contributed by atoms with Crippen molar-refractivity contribution in [3.63, 3.8) is 0 Å². The third-order valence-electron chi connectivity index (χ3n) is 7.02. The highest BCUT2D eigenvalue weighted by atomic mass is 35.5. The monoisotopic (exact) mass is 611 g/mol. The van der Waals surface area contributed by atoms with E-state index in [0.29, 0.717) is 78.5 Å². The molecule has 1 aliphatic heterocycles. The molecule has 0 unspecified atom stereocenters. The van der Waals surface area contributed by atoms with Crippen LogP contribution in [0.25, 0.3) is 10.9 Å². The number of ether oxygens (including phenoxy) is 3. The van der Waals surface area contributed by atoms with E-state index in [4.69, 9.17) is 49.0 Å². The van der Waals surface area contributed by atoms with Gasteiger partial charge in [0.05, 0.1) is 51.9 Å². The minimum atomic E-state index is 0.166. The third-order valence-corrected chi connectivity index (χ3v) is 7.83. The second-order valence-corrected chi connectivity index (χ2v) is 11.1. The minimum absolute atomic E-state index is 0.166. The van der Waals surface area contributed by atoms with E-state index in [1.54, 1.807) is 37.4 Å². The zero-order valence-electron chi connectivity index (χ0n) is 22.6. The first-order valence-corrected chi connectivity index (χ1v) is 14.2. The van der Waals surface area contributed by atoms with Crippen molar-refractivity contribution < 1.29 is 14.2 Å². The number of halogens is 3. The van der Waals surface area contributed by atoms with Crippen LogP contribution in [0.3, 0.4) is 0 Å². The van der Waals surface area contributed by atoms with Gasteiger partial charge in [-0.25, -0.2) is 4.98 Å². The van der Waals surface area contributed by atoms with E-state index >= 15 is 0 Å². The fraction of sp³-hybridized carbons (Fsp3) is 0.300. The summed E-state index contributed by atoms with van der Waals surface area (Å²) in [5.41, 5.74) is 2.64. The Bertz CT molecular complexity index is 1600. The Morgan fingerprint density at radius 1 is 1.02 bits per heavy atom. The van der Waals surface area contributed by atoms with E-state index in [0.717, 1.165) is 25.9 Å². The first-order chi connectivity index (χ1) is 19.8. The van der Waals surface area contributed by atoms with Crippen LogP contribution in [0.4, 0.5) is 11.4 Å². The van der Waals surface area contributed by atoms with Gasteiger partial charge in [0.2, 0.25) is 0 Å². The van der Waals surface area contributed by atoms with Crippen LogP contribution in [0, 0.1) is 17.2 Å². The summed E-state index contributed by atoms with van der Waals surface area (Å²) in [6, 6.07) is 14.4. The number of hydrogen-bond acceptors (Lipinski definition) is 8. The van der Waals surface area contributed by atoms with Gasteiger partial charge < -0.3 is 24.4 Å². The summed E-state index contributed by atoms with van der Waals surface area (Å²) in [7, 11) is 3.73. The molecule has 2 aromatic carbocycles. The van der Waals surface area contributed by atoms with Gasteiger partial charge in [-0.2, -0.15) is 5.26 Å². The molecule has 1 saturated heterocycles. The molecule has 1 fully saturated rings. The second kappa shape index (κ2) is 13.0. The van der Waals surface area contributed by atoms with Crippen molar-refractivity contribution in [3.05, 3.63) is 75.1 Å². The molecular weight excluding hydrogens is 585 g/mol. The minimum Gasteiger partial charge on any atom is -0.493 e. The highest BCUT2D eigenvalue weighted by Crippen LogP contribution is 2.41. The van der Waals surface area contributed by atoms with Crippen molar-refractivity contribution in [3.8, 4) is 23.3 Å². The Balaban J connectivity index is 1.40. The molecule has 0 atom stereocenters. The largest absolute Gasteiger partial charge is 0.493 e. The first-order valence-electron chi connectivity index (χ1n) is 13.1. The highest BCUT2D eigenvalue weighted by molar-refractivity contribution is 6.36. The number of nitriles is 1. The molecule has 41 heavy (non-hydrogen) atoms. The molecule has 5 rings (SSSR count). The molecular formula is C30H28Cl3N5O3. The fourth-order valence-corrected chi connectivity index (χ4v) is 5.28. The molecule has 2 aromatic heterocycles. The number of piperidine rings is 1. The lowest BCUT2D eigenvalue weighted by atomic mass is 9.98. The SMILES string of the molecule is COc1cc2c(Nc3cc(Cl)c(OCc4cccc(Cl)n4)cc3Cl)c(C#N)cnc2cc1OCC1CCN(C)CC1. The summed E-state index contributed by atoms with van der Waals surface area (Å²) in [5.74, 6) is 2.03. The molecule has 4 aromatic rings. The summed E-state index contributed by atoms with van der Waals surface area (Å²) in [5, 5.41) is 14.9. The maximum atomic E-state index is 9.87. The van der Waals surface area contributed by atoms with Crippen molar-refractivity contribution in [1.29, 1.82) is 5.26 Å².